The Hall–Kier alpha value is -0.200. The van der Waals surface area contributed by atoms with Gasteiger partial charge in [0.15, 0.2) is 6.29 Å². The van der Waals surface area contributed by atoms with Gasteiger partial charge >= 0.3 is 0 Å². The van der Waals surface area contributed by atoms with Crippen LogP contribution in [0.25, 0.3) is 0 Å². The highest BCUT2D eigenvalue weighted by atomic mass is 16.8. The predicted octanol–water partition coefficient (Wildman–Crippen LogP) is -1.27. The minimum absolute atomic E-state index is 0.207. The molecule has 4 N–H and O–H groups in total. The van der Waals surface area contributed by atoms with Crippen LogP contribution in [-0.4, -0.2) is 35.3 Å². The van der Waals surface area contributed by atoms with Crippen LogP contribution < -0.4 is 5.90 Å². The van der Waals surface area contributed by atoms with E-state index >= 15 is 0 Å². The second-order valence-corrected chi connectivity index (χ2v) is 2.57. The molecule has 0 aromatic heterocycles. The first-order valence-corrected chi connectivity index (χ1v) is 3.58. The van der Waals surface area contributed by atoms with Crippen molar-refractivity contribution < 1.29 is 19.8 Å². The fraction of sp³-hybridized carbons (Fsp3) is 1.00. The van der Waals surface area contributed by atoms with Gasteiger partial charge in [-0.15, -0.1) is 0 Å². The van der Waals surface area contributed by atoms with Gasteiger partial charge < -0.3 is 14.9 Å². The van der Waals surface area contributed by atoms with E-state index in [1.807, 2.05) is 0 Å². The molecule has 0 bridgehead atoms. The lowest BCUT2D eigenvalue weighted by Gasteiger charge is -2.31. The Morgan fingerprint density at radius 3 is 2.82 bits per heavy atom. The van der Waals surface area contributed by atoms with Gasteiger partial charge in [-0.3, -0.25) is 4.84 Å². The molecule has 0 aliphatic carbocycles. The van der Waals surface area contributed by atoms with Crippen molar-refractivity contribution in [2.75, 3.05) is 6.61 Å². The number of nitrogens with two attached hydrogens (primary N) is 1. The van der Waals surface area contributed by atoms with E-state index in [0.717, 1.165) is 0 Å². The van der Waals surface area contributed by atoms with Gasteiger partial charge in [0.2, 0.25) is 0 Å². The molecule has 1 aliphatic heterocycles. The van der Waals surface area contributed by atoms with Crippen molar-refractivity contribution in [1.82, 2.24) is 0 Å². The van der Waals surface area contributed by atoms with E-state index in [4.69, 9.17) is 15.7 Å². The van der Waals surface area contributed by atoms with E-state index in [9.17, 15) is 5.11 Å². The molecule has 1 rings (SSSR count). The molecule has 5 nitrogen and oxygen atoms in total. The lowest BCUT2D eigenvalue weighted by Crippen LogP contribution is -2.42. The summed E-state index contributed by atoms with van der Waals surface area (Å²) in [6, 6.07) is 0. The fourth-order valence-electron chi connectivity index (χ4n) is 1.11. The Labute approximate surface area is 64.7 Å². The summed E-state index contributed by atoms with van der Waals surface area (Å²) in [6.07, 6.45) is -0.541. The summed E-state index contributed by atoms with van der Waals surface area (Å²) in [5.74, 6) is 4.88. The predicted molar refractivity (Wildman–Crippen MR) is 36.3 cm³/mol. The van der Waals surface area contributed by atoms with Crippen molar-refractivity contribution in [3.8, 4) is 0 Å². The summed E-state index contributed by atoms with van der Waals surface area (Å²) in [7, 11) is 0. The van der Waals surface area contributed by atoms with Crippen molar-refractivity contribution in [1.29, 1.82) is 0 Å². The summed E-state index contributed by atoms with van der Waals surface area (Å²) in [4.78, 5) is 4.43. The number of rotatable bonds is 2. The third-order valence-electron chi connectivity index (χ3n) is 1.79. The number of aliphatic hydroxyl groups is 2. The summed E-state index contributed by atoms with van der Waals surface area (Å²) in [5.41, 5.74) is 0. The molecular formula is C6H13NO4. The quantitative estimate of drug-likeness (QED) is 0.442. The number of aliphatic hydroxyl groups excluding tert-OH is 2. The molecule has 0 saturated carbocycles. The minimum atomic E-state index is -0.605. The molecule has 3 atom stereocenters. The van der Waals surface area contributed by atoms with Crippen LogP contribution in [0.2, 0.25) is 0 Å². The number of ether oxygens (including phenoxy) is 1. The van der Waals surface area contributed by atoms with Crippen LogP contribution in [0.3, 0.4) is 0 Å². The van der Waals surface area contributed by atoms with Crippen LogP contribution in [0.1, 0.15) is 12.8 Å². The van der Waals surface area contributed by atoms with Gasteiger partial charge in [0.25, 0.3) is 0 Å². The van der Waals surface area contributed by atoms with E-state index in [2.05, 4.69) is 4.84 Å². The molecule has 5 heteroatoms. The van der Waals surface area contributed by atoms with Gasteiger partial charge in [0.1, 0.15) is 6.10 Å². The highest BCUT2D eigenvalue weighted by Crippen LogP contribution is 2.18. The van der Waals surface area contributed by atoms with Gasteiger partial charge in [-0.2, -0.15) is 0 Å². The number of hydrogen-bond donors (Lipinski definition) is 3. The Kier molecular flexibility index (Phi) is 3.22. The van der Waals surface area contributed by atoms with Crippen LogP contribution in [0.4, 0.5) is 0 Å². The highest BCUT2D eigenvalue weighted by Gasteiger charge is 2.29. The maximum absolute atomic E-state index is 9.20. The molecule has 0 aromatic rings. The largest absolute Gasteiger partial charge is 0.394 e. The van der Waals surface area contributed by atoms with E-state index < -0.39 is 18.5 Å². The first-order valence-electron chi connectivity index (χ1n) is 3.58. The molecule has 0 amide bonds. The first kappa shape index (κ1) is 8.89. The second kappa shape index (κ2) is 3.99. The smallest absolute Gasteiger partial charge is 0.177 e. The van der Waals surface area contributed by atoms with Gasteiger partial charge in [-0.25, -0.2) is 5.90 Å². The molecular weight excluding hydrogens is 150 g/mol. The van der Waals surface area contributed by atoms with Gasteiger partial charge in [0, 0.05) is 6.42 Å². The van der Waals surface area contributed by atoms with Crippen LogP contribution in [0, 0.1) is 0 Å². The molecule has 11 heavy (non-hydrogen) atoms. The number of hydrogen-bond acceptors (Lipinski definition) is 5. The van der Waals surface area contributed by atoms with Crippen molar-refractivity contribution in [2.45, 2.75) is 31.3 Å². The summed E-state index contributed by atoms with van der Waals surface area (Å²) in [5, 5.41) is 17.9. The van der Waals surface area contributed by atoms with Crippen molar-refractivity contribution in [2.24, 2.45) is 5.90 Å². The summed E-state index contributed by atoms with van der Waals surface area (Å²) in [6.45, 7) is -0.207. The SMILES string of the molecule is NO[C@@H]1CC[C@H](O)[C@@H](CO)O1. The Morgan fingerprint density at radius 1 is 1.55 bits per heavy atom. The summed E-state index contributed by atoms with van der Waals surface area (Å²) < 4.78 is 5.05. The van der Waals surface area contributed by atoms with Crippen LogP contribution in [-0.2, 0) is 9.57 Å². The van der Waals surface area contributed by atoms with Crippen LogP contribution in [0.15, 0.2) is 0 Å². The van der Waals surface area contributed by atoms with Crippen LogP contribution in [0.5, 0.6) is 0 Å². The fourth-order valence-corrected chi connectivity index (χ4v) is 1.11. The molecule has 66 valence electrons. The third kappa shape index (κ3) is 2.11. The molecule has 0 spiro atoms. The molecule has 1 aliphatic rings. The molecule has 1 fully saturated rings. The second-order valence-electron chi connectivity index (χ2n) is 2.57. The summed E-state index contributed by atoms with van der Waals surface area (Å²) >= 11 is 0. The standard InChI is InChI=1S/C6H13NO4/c7-11-6-2-1-4(9)5(3-8)10-6/h4-6,8-9H,1-3,7H2/t4-,5+,6+/m0/s1. The Bertz CT molecular complexity index is 121. The van der Waals surface area contributed by atoms with Crippen molar-refractivity contribution in [3.63, 3.8) is 0 Å². The first-order chi connectivity index (χ1) is 5.27. The monoisotopic (exact) mass is 163 g/mol. The average molecular weight is 163 g/mol. The zero-order chi connectivity index (χ0) is 8.27. The Balaban J connectivity index is 2.37. The maximum atomic E-state index is 9.20. The molecule has 1 heterocycles. The van der Waals surface area contributed by atoms with Crippen molar-refractivity contribution >= 4 is 0 Å². The van der Waals surface area contributed by atoms with E-state index in [1.54, 1.807) is 0 Å². The molecule has 1 saturated heterocycles. The lowest BCUT2D eigenvalue weighted by molar-refractivity contribution is -0.231. The van der Waals surface area contributed by atoms with E-state index in [1.165, 1.54) is 0 Å². The van der Waals surface area contributed by atoms with E-state index in [-0.39, 0.29) is 6.61 Å². The topological polar surface area (TPSA) is 84.9 Å². The molecule has 0 radical (unpaired) electrons. The molecule has 0 aromatic carbocycles. The minimum Gasteiger partial charge on any atom is -0.394 e. The van der Waals surface area contributed by atoms with E-state index in [0.29, 0.717) is 12.8 Å². The average Bonchev–Trinajstić information content (AvgIpc) is 2.05. The van der Waals surface area contributed by atoms with Gasteiger partial charge in [-0.1, -0.05) is 0 Å². The maximum Gasteiger partial charge on any atom is 0.177 e. The highest BCUT2D eigenvalue weighted by molar-refractivity contribution is 4.74. The molecule has 0 unspecified atom stereocenters. The zero-order valence-corrected chi connectivity index (χ0v) is 6.14. The normalized spacial score (nSPS) is 39.0. The lowest BCUT2D eigenvalue weighted by atomic mass is 10.1. The van der Waals surface area contributed by atoms with Crippen molar-refractivity contribution in [3.05, 3.63) is 0 Å². The van der Waals surface area contributed by atoms with Gasteiger partial charge in [-0.05, 0) is 6.42 Å². The zero-order valence-electron chi connectivity index (χ0n) is 6.14. The third-order valence-corrected chi connectivity index (χ3v) is 1.79. The van der Waals surface area contributed by atoms with Gasteiger partial charge in [0.05, 0.1) is 12.7 Å². The van der Waals surface area contributed by atoms with Crippen LogP contribution >= 0.6 is 0 Å². The Morgan fingerprint density at radius 2 is 2.27 bits per heavy atom.